The van der Waals surface area contributed by atoms with Gasteiger partial charge in [0.15, 0.2) is 0 Å². The quantitative estimate of drug-likeness (QED) is 0.785. The van der Waals surface area contributed by atoms with Gasteiger partial charge in [-0.2, -0.15) is 0 Å². The van der Waals surface area contributed by atoms with Gasteiger partial charge in [0.05, 0.1) is 17.4 Å². The fraction of sp³-hybridized carbons (Fsp3) is 0.636. The Morgan fingerprint density at radius 1 is 1.24 bits per heavy atom. The van der Waals surface area contributed by atoms with E-state index in [0.29, 0.717) is 6.42 Å². The van der Waals surface area contributed by atoms with Crippen LogP contribution in [0.25, 0.3) is 0 Å². The average molecular weight is 237 g/mol. The number of aromatic nitrogens is 3. The summed E-state index contributed by atoms with van der Waals surface area (Å²) in [5.74, 6) is -0.0476. The molecule has 3 N–H and O–H groups in total. The Hall–Kier alpha value is -1.56. The topological polar surface area (TPSA) is 93.8 Å². The summed E-state index contributed by atoms with van der Waals surface area (Å²) in [4.78, 5) is 15.8. The van der Waals surface area contributed by atoms with E-state index in [1.165, 1.54) is 0 Å². The number of nitrogens with zero attached hydrogens (tertiary/aromatic N) is 3. The number of carbonyl (C=O) groups is 1. The van der Waals surface area contributed by atoms with Crippen molar-refractivity contribution in [2.75, 3.05) is 5.32 Å². The molecule has 0 aliphatic heterocycles. The first-order valence-corrected chi connectivity index (χ1v) is 5.91. The summed E-state index contributed by atoms with van der Waals surface area (Å²) in [5.41, 5.74) is 7.33. The third-order valence-electron chi connectivity index (χ3n) is 2.52. The molecule has 0 unspecified atom stereocenters. The van der Waals surface area contributed by atoms with Crippen molar-refractivity contribution in [1.29, 1.82) is 0 Å². The van der Waals surface area contributed by atoms with Gasteiger partial charge in [0.2, 0.25) is 11.9 Å². The smallest absolute Gasteiger partial charge is 0.249 e. The molecule has 17 heavy (non-hydrogen) atoms. The van der Waals surface area contributed by atoms with Crippen LogP contribution in [0.2, 0.25) is 0 Å². The molecule has 6 heteroatoms. The van der Waals surface area contributed by atoms with Gasteiger partial charge >= 0.3 is 0 Å². The van der Waals surface area contributed by atoms with Gasteiger partial charge in [0.1, 0.15) is 0 Å². The van der Waals surface area contributed by atoms with Crippen molar-refractivity contribution in [3.05, 3.63) is 11.4 Å². The first kappa shape index (κ1) is 13.5. The second-order valence-electron chi connectivity index (χ2n) is 3.74. The Morgan fingerprint density at radius 3 is 2.41 bits per heavy atom. The highest BCUT2D eigenvalue weighted by Gasteiger charge is 2.13. The SMILES string of the molecule is CCc1nnc(NC(=O)[C@@H](N)CC)nc1CC. The molecule has 1 atom stereocenters. The van der Waals surface area contributed by atoms with Crippen molar-refractivity contribution in [3.63, 3.8) is 0 Å². The zero-order chi connectivity index (χ0) is 12.8. The first-order chi connectivity index (χ1) is 8.12. The van der Waals surface area contributed by atoms with Crippen LogP contribution in [0.5, 0.6) is 0 Å². The predicted octanol–water partition coefficient (Wildman–Crippen LogP) is 0.672. The maximum atomic E-state index is 11.6. The van der Waals surface area contributed by atoms with E-state index >= 15 is 0 Å². The monoisotopic (exact) mass is 237 g/mol. The Bertz CT molecular complexity index is 393. The summed E-state index contributed by atoms with van der Waals surface area (Å²) in [6.07, 6.45) is 2.13. The van der Waals surface area contributed by atoms with Gasteiger partial charge in [-0.15, -0.1) is 10.2 Å². The van der Waals surface area contributed by atoms with Gasteiger partial charge in [-0.1, -0.05) is 20.8 Å². The number of nitrogens with two attached hydrogens (primary N) is 1. The highest BCUT2D eigenvalue weighted by atomic mass is 16.2. The normalized spacial score (nSPS) is 12.2. The van der Waals surface area contributed by atoms with Crippen LogP contribution in [0.4, 0.5) is 5.95 Å². The Kier molecular flexibility index (Phi) is 4.96. The summed E-state index contributed by atoms with van der Waals surface area (Å²) in [7, 11) is 0. The molecule has 0 saturated carbocycles. The largest absolute Gasteiger partial charge is 0.320 e. The lowest BCUT2D eigenvalue weighted by Gasteiger charge is -2.09. The summed E-state index contributed by atoms with van der Waals surface area (Å²) < 4.78 is 0. The summed E-state index contributed by atoms with van der Waals surface area (Å²) in [6.45, 7) is 5.84. The number of rotatable bonds is 5. The van der Waals surface area contributed by atoms with E-state index in [1.807, 2.05) is 20.8 Å². The third kappa shape index (κ3) is 3.45. The number of carbonyl (C=O) groups excluding carboxylic acids is 1. The van der Waals surface area contributed by atoms with Crippen LogP contribution < -0.4 is 11.1 Å². The molecule has 1 heterocycles. The van der Waals surface area contributed by atoms with Crippen molar-refractivity contribution in [3.8, 4) is 0 Å². The standard InChI is InChI=1S/C11H19N5O/c1-4-7(12)10(17)14-11-13-8(5-2)9(6-3)15-16-11/h7H,4-6,12H2,1-3H3,(H,13,14,16,17)/t7-/m0/s1. The van der Waals surface area contributed by atoms with E-state index in [4.69, 9.17) is 5.73 Å². The predicted molar refractivity (Wildman–Crippen MR) is 65.5 cm³/mol. The Balaban J connectivity index is 2.82. The molecule has 0 radical (unpaired) electrons. The molecule has 0 aliphatic carbocycles. The fourth-order valence-corrected chi connectivity index (χ4v) is 1.38. The van der Waals surface area contributed by atoms with E-state index in [2.05, 4.69) is 20.5 Å². The van der Waals surface area contributed by atoms with Gasteiger partial charge in [-0.05, 0) is 19.3 Å². The lowest BCUT2D eigenvalue weighted by molar-refractivity contribution is -0.117. The van der Waals surface area contributed by atoms with Gasteiger partial charge in [0.25, 0.3) is 0 Å². The highest BCUT2D eigenvalue weighted by Crippen LogP contribution is 2.07. The van der Waals surface area contributed by atoms with Crippen LogP contribution in [-0.4, -0.2) is 27.1 Å². The zero-order valence-electron chi connectivity index (χ0n) is 10.5. The summed E-state index contributed by atoms with van der Waals surface area (Å²) >= 11 is 0. The molecule has 1 aromatic rings. The fourth-order valence-electron chi connectivity index (χ4n) is 1.38. The van der Waals surface area contributed by atoms with E-state index in [1.54, 1.807) is 0 Å². The van der Waals surface area contributed by atoms with Crippen LogP contribution in [0.15, 0.2) is 0 Å². The average Bonchev–Trinajstić information content (AvgIpc) is 2.37. The van der Waals surface area contributed by atoms with E-state index in [0.717, 1.165) is 24.2 Å². The van der Waals surface area contributed by atoms with Crippen molar-refractivity contribution < 1.29 is 4.79 Å². The molecule has 6 nitrogen and oxygen atoms in total. The van der Waals surface area contributed by atoms with Crippen LogP contribution in [-0.2, 0) is 17.6 Å². The molecule has 0 aromatic carbocycles. The second-order valence-corrected chi connectivity index (χ2v) is 3.74. The van der Waals surface area contributed by atoms with Crippen molar-refractivity contribution >= 4 is 11.9 Å². The molecule has 0 saturated heterocycles. The minimum Gasteiger partial charge on any atom is -0.320 e. The van der Waals surface area contributed by atoms with Crippen molar-refractivity contribution in [2.24, 2.45) is 5.73 Å². The molecule has 1 amide bonds. The number of nitrogens with one attached hydrogen (secondary N) is 1. The molecule has 1 aromatic heterocycles. The molecule has 0 spiro atoms. The van der Waals surface area contributed by atoms with Crippen LogP contribution in [0, 0.1) is 0 Å². The van der Waals surface area contributed by atoms with Crippen LogP contribution >= 0.6 is 0 Å². The van der Waals surface area contributed by atoms with Crippen LogP contribution in [0.1, 0.15) is 38.6 Å². The van der Waals surface area contributed by atoms with Crippen molar-refractivity contribution in [2.45, 2.75) is 46.1 Å². The molecule has 0 bridgehead atoms. The van der Waals surface area contributed by atoms with Gasteiger partial charge in [-0.3, -0.25) is 10.1 Å². The zero-order valence-corrected chi connectivity index (χ0v) is 10.5. The van der Waals surface area contributed by atoms with Gasteiger partial charge in [-0.25, -0.2) is 4.98 Å². The first-order valence-electron chi connectivity index (χ1n) is 5.91. The van der Waals surface area contributed by atoms with Crippen LogP contribution in [0.3, 0.4) is 0 Å². The Labute approximate surface area is 101 Å². The number of aryl methyl sites for hydroxylation is 2. The maximum Gasteiger partial charge on any atom is 0.249 e. The number of hydrogen-bond donors (Lipinski definition) is 2. The lowest BCUT2D eigenvalue weighted by Crippen LogP contribution is -2.35. The number of hydrogen-bond acceptors (Lipinski definition) is 5. The maximum absolute atomic E-state index is 11.6. The summed E-state index contributed by atoms with van der Waals surface area (Å²) in [5, 5.41) is 10.5. The summed E-state index contributed by atoms with van der Waals surface area (Å²) in [6, 6.07) is -0.533. The van der Waals surface area contributed by atoms with Gasteiger partial charge in [0, 0.05) is 0 Å². The molecule has 1 rings (SSSR count). The minimum absolute atomic E-state index is 0.230. The van der Waals surface area contributed by atoms with E-state index in [-0.39, 0.29) is 11.9 Å². The third-order valence-corrected chi connectivity index (χ3v) is 2.52. The molecular weight excluding hydrogens is 218 g/mol. The highest BCUT2D eigenvalue weighted by molar-refractivity contribution is 5.93. The Morgan fingerprint density at radius 2 is 1.88 bits per heavy atom. The minimum atomic E-state index is -0.533. The number of anilines is 1. The molecule has 94 valence electrons. The number of amides is 1. The van der Waals surface area contributed by atoms with Gasteiger partial charge < -0.3 is 5.73 Å². The van der Waals surface area contributed by atoms with E-state index in [9.17, 15) is 4.79 Å². The van der Waals surface area contributed by atoms with Crippen molar-refractivity contribution in [1.82, 2.24) is 15.2 Å². The molecular formula is C11H19N5O. The van der Waals surface area contributed by atoms with E-state index < -0.39 is 6.04 Å². The molecule has 0 aliphatic rings. The lowest BCUT2D eigenvalue weighted by atomic mass is 10.2. The molecule has 0 fully saturated rings. The second kappa shape index (κ2) is 6.24.